The molecule has 1 amide bonds. The number of methoxy groups -OCH3 is 2. The SMILES string of the molecule is COCCCNC(=O)CSc1nnc(-c2ccncc2)n1CCOC. The van der Waals surface area contributed by atoms with Crippen LogP contribution >= 0.6 is 11.8 Å². The molecule has 0 aliphatic heterocycles. The number of nitrogens with zero attached hydrogens (tertiary/aromatic N) is 4. The van der Waals surface area contributed by atoms with Gasteiger partial charge in [0.15, 0.2) is 11.0 Å². The van der Waals surface area contributed by atoms with Crippen molar-refractivity contribution < 1.29 is 14.3 Å². The minimum absolute atomic E-state index is 0.0344. The summed E-state index contributed by atoms with van der Waals surface area (Å²) in [6.45, 7) is 2.38. The van der Waals surface area contributed by atoms with Crippen LogP contribution in [0.2, 0.25) is 0 Å². The lowest BCUT2D eigenvalue weighted by Crippen LogP contribution is -2.27. The smallest absolute Gasteiger partial charge is 0.230 e. The van der Waals surface area contributed by atoms with E-state index in [4.69, 9.17) is 9.47 Å². The first-order valence-electron chi connectivity index (χ1n) is 7.97. The Morgan fingerprint density at radius 3 is 2.68 bits per heavy atom. The zero-order valence-electron chi connectivity index (χ0n) is 14.5. The van der Waals surface area contributed by atoms with E-state index in [0.29, 0.717) is 31.5 Å². The molecule has 0 aromatic carbocycles. The average molecular weight is 365 g/mol. The second-order valence-electron chi connectivity index (χ2n) is 5.17. The minimum Gasteiger partial charge on any atom is -0.385 e. The first-order valence-corrected chi connectivity index (χ1v) is 8.95. The molecule has 2 heterocycles. The van der Waals surface area contributed by atoms with Gasteiger partial charge in [-0.2, -0.15) is 0 Å². The first kappa shape index (κ1) is 19.4. The number of pyridine rings is 1. The van der Waals surface area contributed by atoms with Gasteiger partial charge in [-0.15, -0.1) is 10.2 Å². The number of thioether (sulfide) groups is 1. The molecule has 8 nitrogen and oxygen atoms in total. The molecule has 136 valence electrons. The summed E-state index contributed by atoms with van der Waals surface area (Å²) in [6, 6.07) is 3.76. The summed E-state index contributed by atoms with van der Waals surface area (Å²) in [5, 5.41) is 12.0. The zero-order valence-corrected chi connectivity index (χ0v) is 15.3. The number of hydrogen-bond acceptors (Lipinski definition) is 7. The summed E-state index contributed by atoms with van der Waals surface area (Å²) in [7, 11) is 3.29. The quantitative estimate of drug-likeness (QED) is 0.473. The molecule has 0 bridgehead atoms. The van der Waals surface area contributed by atoms with Crippen LogP contribution in [0.4, 0.5) is 0 Å². The van der Waals surface area contributed by atoms with E-state index in [-0.39, 0.29) is 11.7 Å². The van der Waals surface area contributed by atoms with Crippen LogP contribution < -0.4 is 5.32 Å². The maximum Gasteiger partial charge on any atom is 0.230 e. The summed E-state index contributed by atoms with van der Waals surface area (Å²) in [4.78, 5) is 15.9. The maximum absolute atomic E-state index is 11.9. The second kappa shape index (κ2) is 10.8. The highest BCUT2D eigenvalue weighted by Gasteiger charge is 2.15. The number of nitrogens with one attached hydrogen (secondary N) is 1. The molecule has 0 saturated heterocycles. The van der Waals surface area contributed by atoms with Crippen molar-refractivity contribution in [3.8, 4) is 11.4 Å². The standard InChI is InChI=1S/C16H23N5O3S/c1-23-10-3-6-18-14(22)12-25-16-20-19-15(21(16)9-11-24-2)13-4-7-17-8-5-13/h4-5,7-8H,3,6,9-12H2,1-2H3,(H,18,22). The van der Waals surface area contributed by atoms with Gasteiger partial charge >= 0.3 is 0 Å². The monoisotopic (exact) mass is 365 g/mol. The third-order valence-corrected chi connectivity index (χ3v) is 4.32. The summed E-state index contributed by atoms with van der Waals surface area (Å²) < 4.78 is 12.1. The van der Waals surface area contributed by atoms with E-state index in [9.17, 15) is 4.79 Å². The molecule has 0 fully saturated rings. The minimum atomic E-state index is -0.0344. The third kappa shape index (κ3) is 6.11. The van der Waals surface area contributed by atoms with E-state index >= 15 is 0 Å². The lowest BCUT2D eigenvalue weighted by molar-refractivity contribution is -0.118. The Labute approximate surface area is 151 Å². The van der Waals surface area contributed by atoms with Crippen LogP contribution in [-0.4, -0.2) is 65.4 Å². The summed E-state index contributed by atoms with van der Waals surface area (Å²) in [5.41, 5.74) is 0.925. The van der Waals surface area contributed by atoms with Gasteiger partial charge in [0.25, 0.3) is 0 Å². The number of carbonyl (C=O) groups is 1. The lowest BCUT2D eigenvalue weighted by atomic mass is 10.2. The van der Waals surface area contributed by atoms with E-state index in [0.717, 1.165) is 17.8 Å². The van der Waals surface area contributed by atoms with Crippen molar-refractivity contribution in [2.75, 3.05) is 39.7 Å². The summed E-state index contributed by atoms with van der Waals surface area (Å²) in [6.07, 6.45) is 4.22. The lowest BCUT2D eigenvalue weighted by Gasteiger charge is -2.09. The Hall–Kier alpha value is -1.97. The Kier molecular flexibility index (Phi) is 8.36. The Bertz CT molecular complexity index is 650. The molecule has 2 aromatic rings. The maximum atomic E-state index is 11.9. The summed E-state index contributed by atoms with van der Waals surface area (Å²) >= 11 is 1.36. The van der Waals surface area contributed by atoms with Gasteiger partial charge in [0.05, 0.1) is 18.9 Å². The van der Waals surface area contributed by atoms with Crippen LogP contribution in [0, 0.1) is 0 Å². The van der Waals surface area contributed by atoms with Crippen LogP contribution in [0.1, 0.15) is 6.42 Å². The van der Waals surface area contributed by atoms with Crippen LogP contribution in [-0.2, 0) is 20.8 Å². The van der Waals surface area contributed by atoms with E-state index in [1.54, 1.807) is 26.6 Å². The molecular weight excluding hydrogens is 342 g/mol. The number of rotatable bonds is 11. The number of ether oxygens (including phenoxy) is 2. The van der Waals surface area contributed by atoms with E-state index in [1.165, 1.54) is 11.8 Å². The van der Waals surface area contributed by atoms with Gasteiger partial charge in [0.2, 0.25) is 5.91 Å². The van der Waals surface area contributed by atoms with Crippen molar-refractivity contribution in [3.63, 3.8) is 0 Å². The molecule has 0 unspecified atom stereocenters. The highest BCUT2D eigenvalue weighted by atomic mass is 32.2. The molecule has 2 aromatic heterocycles. The van der Waals surface area contributed by atoms with Gasteiger partial charge in [-0.05, 0) is 18.6 Å². The Morgan fingerprint density at radius 2 is 1.96 bits per heavy atom. The van der Waals surface area contributed by atoms with Crippen LogP contribution in [0.3, 0.4) is 0 Å². The molecular formula is C16H23N5O3S. The average Bonchev–Trinajstić information content (AvgIpc) is 3.05. The fraction of sp³-hybridized carbons (Fsp3) is 0.500. The number of carbonyl (C=O) groups excluding carboxylic acids is 1. The molecule has 0 aliphatic rings. The first-order chi connectivity index (χ1) is 12.3. The van der Waals surface area contributed by atoms with Gasteiger partial charge in [-0.1, -0.05) is 11.8 Å². The normalized spacial score (nSPS) is 10.8. The van der Waals surface area contributed by atoms with Crippen LogP contribution in [0.25, 0.3) is 11.4 Å². The van der Waals surface area contributed by atoms with Gasteiger partial charge in [0.1, 0.15) is 0 Å². The molecule has 2 rings (SSSR count). The second-order valence-corrected chi connectivity index (χ2v) is 6.11. The highest BCUT2D eigenvalue weighted by Crippen LogP contribution is 2.23. The predicted octanol–water partition coefficient (Wildman–Crippen LogP) is 1.23. The summed E-state index contributed by atoms with van der Waals surface area (Å²) in [5.74, 6) is 0.990. The van der Waals surface area contributed by atoms with Crippen molar-refractivity contribution in [1.82, 2.24) is 25.1 Å². The Balaban J connectivity index is 2.00. The fourth-order valence-electron chi connectivity index (χ4n) is 2.12. The Morgan fingerprint density at radius 1 is 1.20 bits per heavy atom. The largest absolute Gasteiger partial charge is 0.385 e. The van der Waals surface area contributed by atoms with E-state index < -0.39 is 0 Å². The molecule has 9 heteroatoms. The number of amides is 1. The molecule has 0 atom stereocenters. The van der Waals surface area contributed by atoms with Gasteiger partial charge < -0.3 is 14.8 Å². The molecule has 25 heavy (non-hydrogen) atoms. The van der Waals surface area contributed by atoms with Gasteiger partial charge in [-0.25, -0.2) is 0 Å². The third-order valence-electron chi connectivity index (χ3n) is 3.35. The van der Waals surface area contributed by atoms with Gasteiger partial charge in [0, 0.05) is 45.3 Å². The molecule has 1 N–H and O–H groups in total. The van der Waals surface area contributed by atoms with E-state index in [1.807, 2.05) is 16.7 Å². The van der Waals surface area contributed by atoms with Crippen molar-refractivity contribution in [3.05, 3.63) is 24.5 Å². The molecule has 0 saturated carbocycles. The van der Waals surface area contributed by atoms with Crippen LogP contribution in [0.5, 0.6) is 0 Å². The zero-order chi connectivity index (χ0) is 17.9. The molecule has 0 spiro atoms. The topological polar surface area (TPSA) is 91.2 Å². The van der Waals surface area contributed by atoms with E-state index in [2.05, 4.69) is 20.5 Å². The van der Waals surface area contributed by atoms with Gasteiger partial charge in [-0.3, -0.25) is 14.3 Å². The highest BCUT2D eigenvalue weighted by molar-refractivity contribution is 7.99. The fourth-order valence-corrected chi connectivity index (χ4v) is 2.91. The van der Waals surface area contributed by atoms with Crippen LogP contribution in [0.15, 0.2) is 29.7 Å². The predicted molar refractivity (Wildman–Crippen MR) is 95.4 cm³/mol. The van der Waals surface area contributed by atoms with Crippen molar-refractivity contribution >= 4 is 17.7 Å². The molecule has 0 radical (unpaired) electrons. The number of hydrogen-bond donors (Lipinski definition) is 1. The number of aromatic nitrogens is 4. The van der Waals surface area contributed by atoms with Crippen molar-refractivity contribution in [2.24, 2.45) is 0 Å². The van der Waals surface area contributed by atoms with Crippen molar-refractivity contribution in [2.45, 2.75) is 18.1 Å². The molecule has 0 aliphatic carbocycles. The van der Waals surface area contributed by atoms with Crippen molar-refractivity contribution in [1.29, 1.82) is 0 Å².